The van der Waals surface area contributed by atoms with Crippen molar-refractivity contribution in [3.8, 4) is 0 Å². The predicted molar refractivity (Wildman–Crippen MR) is 63.7 cm³/mol. The highest BCUT2D eigenvalue weighted by molar-refractivity contribution is 7.10. The van der Waals surface area contributed by atoms with Crippen molar-refractivity contribution >= 4 is 11.3 Å². The van der Waals surface area contributed by atoms with Gasteiger partial charge in [0.2, 0.25) is 0 Å². The van der Waals surface area contributed by atoms with E-state index >= 15 is 0 Å². The lowest BCUT2D eigenvalue weighted by Crippen LogP contribution is -2.15. The van der Waals surface area contributed by atoms with Crippen molar-refractivity contribution < 1.29 is 9.52 Å². The Morgan fingerprint density at radius 3 is 3.19 bits per heavy atom. The van der Waals surface area contributed by atoms with Gasteiger partial charge in [-0.1, -0.05) is 0 Å². The van der Waals surface area contributed by atoms with Crippen LogP contribution in [0.2, 0.25) is 0 Å². The lowest BCUT2D eigenvalue weighted by Gasteiger charge is -2.26. The van der Waals surface area contributed by atoms with Crippen LogP contribution < -0.4 is 0 Å². The van der Waals surface area contributed by atoms with E-state index in [1.807, 2.05) is 17.4 Å². The molecule has 3 rings (SSSR count). The zero-order chi connectivity index (χ0) is 11.0. The van der Waals surface area contributed by atoms with Gasteiger partial charge in [0.25, 0.3) is 0 Å². The van der Waals surface area contributed by atoms with Crippen molar-refractivity contribution in [1.82, 2.24) is 0 Å². The summed E-state index contributed by atoms with van der Waals surface area (Å²) in [6.07, 6.45) is 6.25. The van der Waals surface area contributed by atoms with Gasteiger partial charge in [0, 0.05) is 16.4 Å². The van der Waals surface area contributed by atoms with Gasteiger partial charge in [0.1, 0.15) is 0 Å². The second kappa shape index (κ2) is 4.07. The summed E-state index contributed by atoms with van der Waals surface area (Å²) >= 11 is 1.81. The molecule has 0 aromatic carbocycles. The summed E-state index contributed by atoms with van der Waals surface area (Å²) in [5, 5.41) is 12.5. The van der Waals surface area contributed by atoms with Gasteiger partial charge in [-0.25, -0.2) is 0 Å². The van der Waals surface area contributed by atoms with Crippen molar-refractivity contribution in [2.24, 2.45) is 0 Å². The first-order valence-corrected chi connectivity index (χ1v) is 6.50. The van der Waals surface area contributed by atoms with Crippen LogP contribution in [0.5, 0.6) is 0 Å². The minimum atomic E-state index is -0.424. The molecule has 2 aromatic rings. The third-order valence-corrected chi connectivity index (χ3v) is 4.36. The van der Waals surface area contributed by atoms with Gasteiger partial charge in [-0.15, -0.1) is 11.3 Å². The molecule has 2 nitrogen and oxygen atoms in total. The normalized spacial score (nSPS) is 21.7. The monoisotopic (exact) mass is 234 g/mol. The van der Waals surface area contributed by atoms with Crippen LogP contribution in [0.25, 0.3) is 0 Å². The highest BCUT2D eigenvalue weighted by atomic mass is 32.1. The summed E-state index contributed by atoms with van der Waals surface area (Å²) in [5.74, 6) is 0.243. The highest BCUT2D eigenvalue weighted by Gasteiger charge is 2.28. The molecule has 0 radical (unpaired) electrons. The molecule has 0 saturated heterocycles. The van der Waals surface area contributed by atoms with E-state index in [4.69, 9.17) is 4.42 Å². The Morgan fingerprint density at radius 1 is 1.44 bits per heavy atom. The van der Waals surface area contributed by atoms with E-state index in [1.165, 1.54) is 23.3 Å². The molecule has 0 amide bonds. The molecule has 2 heterocycles. The van der Waals surface area contributed by atoms with Crippen molar-refractivity contribution in [3.63, 3.8) is 0 Å². The topological polar surface area (TPSA) is 33.4 Å². The van der Waals surface area contributed by atoms with Crippen LogP contribution >= 0.6 is 11.3 Å². The average Bonchev–Trinajstić information content (AvgIpc) is 2.98. The van der Waals surface area contributed by atoms with E-state index < -0.39 is 6.10 Å². The first-order chi connectivity index (χ1) is 7.86. The van der Waals surface area contributed by atoms with Gasteiger partial charge in [-0.3, -0.25) is 0 Å². The second-order valence-electron chi connectivity index (χ2n) is 4.30. The maximum atomic E-state index is 10.3. The minimum absolute atomic E-state index is 0.243. The molecule has 2 atom stereocenters. The van der Waals surface area contributed by atoms with Crippen molar-refractivity contribution in [1.29, 1.82) is 0 Å². The lowest BCUT2D eigenvalue weighted by atomic mass is 9.82. The predicted octanol–water partition coefficient (Wildman–Crippen LogP) is 3.49. The van der Waals surface area contributed by atoms with Gasteiger partial charge in [-0.2, -0.15) is 0 Å². The number of aryl methyl sites for hydroxylation is 1. The van der Waals surface area contributed by atoms with Crippen LogP contribution in [0.15, 0.2) is 34.5 Å². The zero-order valence-corrected chi connectivity index (χ0v) is 9.74. The molecule has 0 spiro atoms. The van der Waals surface area contributed by atoms with Gasteiger partial charge < -0.3 is 9.52 Å². The van der Waals surface area contributed by atoms with Crippen LogP contribution in [-0.4, -0.2) is 5.11 Å². The van der Waals surface area contributed by atoms with E-state index in [0.29, 0.717) is 0 Å². The highest BCUT2D eigenvalue weighted by Crippen LogP contribution is 2.42. The Kier molecular flexibility index (Phi) is 2.58. The molecule has 2 aromatic heterocycles. The van der Waals surface area contributed by atoms with Crippen molar-refractivity contribution in [3.05, 3.63) is 46.0 Å². The zero-order valence-electron chi connectivity index (χ0n) is 8.93. The summed E-state index contributed by atoms with van der Waals surface area (Å²) in [6.45, 7) is 0. The fraction of sp³-hybridized carbons (Fsp3) is 0.385. The summed E-state index contributed by atoms with van der Waals surface area (Å²) in [4.78, 5) is 1.44. The fourth-order valence-electron chi connectivity index (χ4n) is 2.53. The molecule has 2 unspecified atom stereocenters. The molecule has 0 fully saturated rings. The molecule has 3 heteroatoms. The number of thiophene rings is 1. The second-order valence-corrected chi connectivity index (χ2v) is 5.30. The van der Waals surface area contributed by atoms with Crippen LogP contribution in [0.1, 0.15) is 40.9 Å². The van der Waals surface area contributed by atoms with Gasteiger partial charge >= 0.3 is 0 Å². The molecular weight excluding hydrogens is 220 g/mol. The largest absolute Gasteiger partial charge is 0.472 e. The Morgan fingerprint density at radius 2 is 2.38 bits per heavy atom. The Labute approximate surface area is 98.5 Å². The molecule has 1 N–H and O–H groups in total. The number of hydrogen-bond donors (Lipinski definition) is 1. The van der Waals surface area contributed by atoms with Crippen molar-refractivity contribution in [2.75, 3.05) is 0 Å². The third kappa shape index (κ3) is 1.60. The lowest BCUT2D eigenvalue weighted by molar-refractivity contribution is 0.135. The quantitative estimate of drug-likeness (QED) is 0.862. The molecule has 1 aliphatic carbocycles. The van der Waals surface area contributed by atoms with E-state index in [1.54, 1.807) is 12.5 Å². The summed E-state index contributed by atoms with van der Waals surface area (Å²) in [5.41, 5.74) is 2.23. The van der Waals surface area contributed by atoms with Crippen LogP contribution in [0.3, 0.4) is 0 Å². The first-order valence-electron chi connectivity index (χ1n) is 5.62. The molecule has 0 saturated carbocycles. The van der Waals surface area contributed by atoms with E-state index in [9.17, 15) is 5.11 Å². The number of hydrogen-bond acceptors (Lipinski definition) is 3. The number of aliphatic hydroxyl groups excluding tert-OH is 1. The van der Waals surface area contributed by atoms with Crippen LogP contribution in [0.4, 0.5) is 0 Å². The number of furan rings is 1. The minimum Gasteiger partial charge on any atom is -0.472 e. The molecule has 84 valence electrons. The smallest absolute Gasteiger partial charge is 0.0960 e. The number of aliphatic hydroxyl groups is 1. The molecule has 0 bridgehead atoms. The van der Waals surface area contributed by atoms with Gasteiger partial charge in [0.05, 0.1) is 18.6 Å². The third-order valence-electron chi connectivity index (χ3n) is 3.36. The van der Waals surface area contributed by atoms with Crippen LogP contribution in [-0.2, 0) is 6.42 Å². The summed E-state index contributed by atoms with van der Waals surface area (Å²) < 4.78 is 5.04. The Balaban J connectivity index is 1.92. The van der Waals surface area contributed by atoms with E-state index in [2.05, 4.69) is 11.4 Å². The SMILES string of the molecule is OC(c1ccoc1)C1CCCc2sccc21. The first kappa shape index (κ1) is 10.1. The molecule has 16 heavy (non-hydrogen) atoms. The van der Waals surface area contributed by atoms with Crippen LogP contribution in [0, 0.1) is 0 Å². The van der Waals surface area contributed by atoms with E-state index in [-0.39, 0.29) is 5.92 Å². The summed E-state index contributed by atoms with van der Waals surface area (Å²) in [6, 6.07) is 4.01. The standard InChI is InChI=1S/C13H14O2S/c14-13(9-4-6-15-8-9)11-2-1-3-12-10(11)5-7-16-12/h4-8,11,13-14H,1-3H2. The maximum Gasteiger partial charge on any atom is 0.0960 e. The number of rotatable bonds is 2. The van der Waals surface area contributed by atoms with Gasteiger partial charge in [0.15, 0.2) is 0 Å². The Hall–Kier alpha value is -1.06. The fourth-order valence-corrected chi connectivity index (χ4v) is 3.52. The number of fused-ring (bicyclic) bond motifs is 1. The van der Waals surface area contributed by atoms with E-state index in [0.717, 1.165) is 12.0 Å². The van der Waals surface area contributed by atoms with Crippen molar-refractivity contribution in [2.45, 2.75) is 31.3 Å². The molecule has 1 aliphatic rings. The van der Waals surface area contributed by atoms with Gasteiger partial charge in [-0.05, 0) is 42.3 Å². The maximum absolute atomic E-state index is 10.3. The molecule has 0 aliphatic heterocycles. The Bertz CT molecular complexity index is 458. The average molecular weight is 234 g/mol. The summed E-state index contributed by atoms with van der Waals surface area (Å²) in [7, 11) is 0. The molecular formula is C13H14O2S.